The molecular weight excluding hydrogens is 238 g/mol. The Morgan fingerprint density at radius 1 is 0.842 bits per heavy atom. The molecule has 0 aliphatic heterocycles. The monoisotopic (exact) mass is 251 g/mol. The first-order valence-electron chi connectivity index (χ1n) is 6.04. The van der Waals surface area contributed by atoms with Crippen LogP contribution in [0.25, 0.3) is 5.69 Å². The Labute approximate surface area is 111 Å². The molecule has 0 saturated heterocycles. The maximum atomic E-state index is 5.87. The molecular formula is C15H13N3O. The molecule has 0 bridgehead atoms. The van der Waals surface area contributed by atoms with Crippen molar-refractivity contribution in [2.75, 3.05) is 0 Å². The van der Waals surface area contributed by atoms with E-state index in [0.717, 1.165) is 17.0 Å². The summed E-state index contributed by atoms with van der Waals surface area (Å²) in [6.07, 6.45) is 3.31. The predicted octanol–water partition coefficient (Wildman–Crippen LogP) is 2.85. The van der Waals surface area contributed by atoms with Crippen molar-refractivity contribution in [1.82, 2.24) is 14.8 Å². The van der Waals surface area contributed by atoms with Crippen LogP contribution in [0.3, 0.4) is 0 Å². The van der Waals surface area contributed by atoms with Crippen LogP contribution in [0.5, 0.6) is 5.75 Å². The molecule has 0 fully saturated rings. The number of hydrogen-bond acceptors (Lipinski definition) is 3. The van der Waals surface area contributed by atoms with Gasteiger partial charge < -0.3 is 4.74 Å². The Hall–Kier alpha value is -2.62. The number of ether oxygens (including phenoxy) is 1. The van der Waals surface area contributed by atoms with Gasteiger partial charge in [-0.05, 0) is 17.7 Å². The average Bonchev–Trinajstić information content (AvgIpc) is 3.01. The van der Waals surface area contributed by atoms with Crippen LogP contribution >= 0.6 is 0 Å². The molecule has 4 nitrogen and oxygen atoms in total. The third-order valence-electron chi connectivity index (χ3n) is 2.80. The molecule has 0 unspecified atom stereocenters. The molecule has 0 N–H and O–H groups in total. The minimum atomic E-state index is 0.542. The second kappa shape index (κ2) is 5.35. The molecule has 0 atom stereocenters. The van der Waals surface area contributed by atoms with Crippen LogP contribution in [0, 0.1) is 0 Å². The highest BCUT2D eigenvalue weighted by molar-refractivity contribution is 5.46. The van der Waals surface area contributed by atoms with Gasteiger partial charge in [0.1, 0.15) is 25.0 Å². The van der Waals surface area contributed by atoms with Gasteiger partial charge in [0, 0.05) is 0 Å². The van der Waals surface area contributed by atoms with Gasteiger partial charge in [0.15, 0.2) is 0 Å². The number of hydrogen-bond donors (Lipinski definition) is 0. The Morgan fingerprint density at radius 3 is 2.32 bits per heavy atom. The Morgan fingerprint density at radius 2 is 1.53 bits per heavy atom. The van der Waals surface area contributed by atoms with Crippen molar-refractivity contribution in [2.45, 2.75) is 6.61 Å². The predicted molar refractivity (Wildman–Crippen MR) is 72.1 cm³/mol. The van der Waals surface area contributed by atoms with E-state index in [1.54, 1.807) is 12.7 Å². The molecule has 0 spiro atoms. The number of rotatable bonds is 4. The van der Waals surface area contributed by atoms with Crippen LogP contribution < -0.4 is 4.74 Å². The van der Waals surface area contributed by atoms with Crippen molar-refractivity contribution < 1.29 is 4.74 Å². The highest BCUT2D eigenvalue weighted by Crippen LogP contribution is 2.22. The number of benzene rings is 2. The summed E-state index contributed by atoms with van der Waals surface area (Å²) in [4.78, 5) is 0. The van der Waals surface area contributed by atoms with Gasteiger partial charge in [0.05, 0.1) is 5.69 Å². The van der Waals surface area contributed by atoms with Crippen LogP contribution in [-0.4, -0.2) is 14.8 Å². The smallest absolute Gasteiger partial charge is 0.143 e. The van der Waals surface area contributed by atoms with Crippen LogP contribution in [0.2, 0.25) is 0 Å². The van der Waals surface area contributed by atoms with E-state index in [1.165, 1.54) is 0 Å². The maximum Gasteiger partial charge on any atom is 0.143 e. The summed E-state index contributed by atoms with van der Waals surface area (Å²) in [6.45, 7) is 0.542. The molecule has 94 valence electrons. The molecule has 19 heavy (non-hydrogen) atoms. The molecule has 3 rings (SSSR count). The SMILES string of the molecule is c1ccc(COc2ccccc2-n2cnnc2)cc1. The van der Waals surface area contributed by atoms with Crippen LogP contribution in [0.15, 0.2) is 67.3 Å². The summed E-state index contributed by atoms with van der Waals surface area (Å²) < 4.78 is 7.70. The zero-order valence-electron chi connectivity index (χ0n) is 10.3. The van der Waals surface area contributed by atoms with E-state index < -0.39 is 0 Å². The van der Waals surface area contributed by atoms with E-state index in [2.05, 4.69) is 10.2 Å². The van der Waals surface area contributed by atoms with E-state index in [0.29, 0.717) is 6.61 Å². The fourth-order valence-corrected chi connectivity index (χ4v) is 1.85. The van der Waals surface area contributed by atoms with E-state index >= 15 is 0 Å². The molecule has 0 radical (unpaired) electrons. The second-order valence-corrected chi connectivity index (χ2v) is 4.11. The molecule has 2 aromatic carbocycles. The first kappa shape index (κ1) is 11.5. The van der Waals surface area contributed by atoms with Gasteiger partial charge in [-0.1, -0.05) is 42.5 Å². The average molecular weight is 251 g/mol. The van der Waals surface area contributed by atoms with E-state index in [-0.39, 0.29) is 0 Å². The van der Waals surface area contributed by atoms with Crippen molar-refractivity contribution in [3.63, 3.8) is 0 Å². The van der Waals surface area contributed by atoms with Crippen molar-refractivity contribution >= 4 is 0 Å². The van der Waals surface area contributed by atoms with Gasteiger partial charge in [-0.25, -0.2) is 0 Å². The number of nitrogens with zero attached hydrogens (tertiary/aromatic N) is 3. The van der Waals surface area contributed by atoms with E-state index in [1.807, 2.05) is 59.2 Å². The van der Waals surface area contributed by atoms with Crippen LogP contribution in [0.1, 0.15) is 5.56 Å². The first-order chi connectivity index (χ1) is 9.43. The third-order valence-corrected chi connectivity index (χ3v) is 2.80. The van der Waals surface area contributed by atoms with Gasteiger partial charge in [0.25, 0.3) is 0 Å². The van der Waals surface area contributed by atoms with Gasteiger partial charge in [0.2, 0.25) is 0 Å². The Kier molecular flexibility index (Phi) is 3.23. The molecule has 3 aromatic rings. The maximum absolute atomic E-state index is 5.87. The second-order valence-electron chi connectivity index (χ2n) is 4.11. The summed E-state index contributed by atoms with van der Waals surface area (Å²) in [5, 5.41) is 7.63. The van der Waals surface area contributed by atoms with Gasteiger partial charge in [-0.3, -0.25) is 4.57 Å². The molecule has 1 heterocycles. The molecule has 1 aromatic heterocycles. The van der Waals surface area contributed by atoms with Crippen molar-refractivity contribution in [2.24, 2.45) is 0 Å². The third kappa shape index (κ3) is 2.63. The lowest BCUT2D eigenvalue weighted by atomic mass is 10.2. The summed E-state index contributed by atoms with van der Waals surface area (Å²) in [5.41, 5.74) is 2.07. The molecule has 0 aliphatic carbocycles. The lowest BCUT2D eigenvalue weighted by Crippen LogP contribution is -2.00. The fourth-order valence-electron chi connectivity index (χ4n) is 1.85. The number of aromatic nitrogens is 3. The topological polar surface area (TPSA) is 39.9 Å². The summed E-state index contributed by atoms with van der Waals surface area (Å²) in [7, 11) is 0. The summed E-state index contributed by atoms with van der Waals surface area (Å²) >= 11 is 0. The highest BCUT2D eigenvalue weighted by atomic mass is 16.5. The van der Waals surface area contributed by atoms with Crippen LogP contribution in [0.4, 0.5) is 0 Å². The quantitative estimate of drug-likeness (QED) is 0.715. The lowest BCUT2D eigenvalue weighted by molar-refractivity contribution is 0.305. The lowest BCUT2D eigenvalue weighted by Gasteiger charge is -2.11. The fraction of sp³-hybridized carbons (Fsp3) is 0.0667. The Balaban J connectivity index is 1.82. The standard InChI is InChI=1S/C15H13N3O/c1-2-6-13(7-3-1)10-19-15-9-5-4-8-14(15)18-11-16-17-12-18/h1-9,11-12H,10H2. The summed E-state index contributed by atoms with van der Waals surface area (Å²) in [6, 6.07) is 17.9. The molecule has 0 saturated carbocycles. The minimum Gasteiger partial charge on any atom is -0.487 e. The van der Waals surface area contributed by atoms with Crippen molar-refractivity contribution in [3.05, 3.63) is 72.8 Å². The zero-order chi connectivity index (χ0) is 12.9. The van der Waals surface area contributed by atoms with Crippen LogP contribution in [-0.2, 0) is 6.61 Å². The first-order valence-corrected chi connectivity index (χ1v) is 6.04. The van der Waals surface area contributed by atoms with Crippen molar-refractivity contribution in [3.8, 4) is 11.4 Å². The zero-order valence-corrected chi connectivity index (χ0v) is 10.3. The van der Waals surface area contributed by atoms with Gasteiger partial charge >= 0.3 is 0 Å². The van der Waals surface area contributed by atoms with Gasteiger partial charge in [-0.15, -0.1) is 10.2 Å². The highest BCUT2D eigenvalue weighted by Gasteiger charge is 2.05. The summed E-state index contributed by atoms with van der Waals surface area (Å²) in [5.74, 6) is 0.811. The number of para-hydroxylation sites is 2. The van der Waals surface area contributed by atoms with E-state index in [9.17, 15) is 0 Å². The normalized spacial score (nSPS) is 10.3. The largest absolute Gasteiger partial charge is 0.487 e. The molecule has 0 aliphatic rings. The van der Waals surface area contributed by atoms with Crippen molar-refractivity contribution in [1.29, 1.82) is 0 Å². The minimum absolute atomic E-state index is 0.542. The Bertz CT molecular complexity index is 636. The van der Waals surface area contributed by atoms with Gasteiger partial charge in [-0.2, -0.15) is 0 Å². The van der Waals surface area contributed by atoms with E-state index in [4.69, 9.17) is 4.74 Å². The molecule has 0 amide bonds. The molecule has 4 heteroatoms.